The molecule has 0 spiro atoms. The monoisotopic (exact) mass is 353 g/mol. The fraction of sp³-hybridized carbons (Fsp3) is 0.333. The van der Waals surface area contributed by atoms with Gasteiger partial charge in [0.1, 0.15) is 8.07 Å². The van der Waals surface area contributed by atoms with Crippen molar-refractivity contribution < 1.29 is 0 Å². The van der Waals surface area contributed by atoms with Gasteiger partial charge in [0.05, 0.1) is 5.45 Å². The second kappa shape index (κ2) is 6.50. The number of rotatable bonds is 1. The Labute approximate surface area is 148 Å². The number of benzene rings is 2. The van der Waals surface area contributed by atoms with Crippen LogP contribution < -0.4 is 10.6 Å². The maximum absolute atomic E-state index is 5.07. The van der Waals surface area contributed by atoms with Crippen molar-refractivity contribution >= 4 is 31.5 Å². The van der Waals surface area contributed by atoms with Crippen molar-refractivity contribution in [2.75, 3.05) is 0 Å². The molecule has 0 fully saturated rings. The molecule has 24 heavy (non-hydrogen) atoms. The van der Waals surface area contributed by atoms with Gasteiger partial charge in [-0.15, -0.1) is 0 Å². The first-order valence-electron chi connectivity index (χ1n) is 8.35. The smallest absolute Gasteiger partial charge is 0.122 e. The normalized spacial score (nSPS) is 18.2. The summed E-state index contributed by atoms with van der Waals surface area (Å²) in [5.74, 6) is 0. The van der Waals surface area contributed by atoms with Crippen molar-refractivity contribution in [1.82, 2.24) is 0 Å². The van der Waals surface area contributed by atoms with Crippen LogP contribution in [0.25, 0.3) is 0 Å². The molecular formula is C21H25NP2. The van der Waals surface area contributed by atoms with Crippen molar-refractivity contribution in [3.05, 3.63) is 57.6 Å². The first-order chi connectivity index (χ1) is 11.3. The van der Waals surface area contributed by atoms with Crippen molar-refractivity contribution in [3.63, 3.8) is 0 Å². The second-order valence-corrected chi connectivity index (χ2v) is 10.7. The first-order valence-corrected chi connectivity index (χ1v) is 11.0. The zero-order valence-electron chi connectivity index (χ0n) is 15.7. The van der Waals surface area contributed by atoms with Crippen molar-refractivity contribution in [1.29, 1.82) is 0 Å². The van der Waals surface area contributed by atoms with E-state index >= 15 is 0 Å². The van der Waals surface area contributed by atoms with E-state index in [0.29, 0.717) is 0 Å². The minimum atomic E-state index is -0.662. The Balaban J connectivity index is 2.16. The number of hydrogen-bond acceptors (Lipinski definition) is 1. The molecule has 3 heteroatoms. The Hall–Kier alpha value is -1.38. The average Bonchev–Trinajstić information content (AvgIpc) is 2.78. The summed E-state index contributed by atoms with van der Waals surface area (Å²) in [6.45, 7) is 15.4. The molecule has 0 aliphatic carbocycles. The topological polar surface area (TPSA) is 12.4 Å². The highest BCUT2D eigenvalue weighted by atomic mass is 31.2. The van der Waals surface area contributed by atoms with E-state index in [1.807, 2.05) is 0 Å². The van der Waals surface area contributed by atoms with E-state index in [0.717, 1.165) is 0 Å². The molecule has 1 heterocycles. The lowest BCUT2D eigenvalue weighted by atomic mass is 10.1. The molecule has 2 aromatic carbocycles. The third-order valence-corrected chi connectivity index (χ3v) is 9.71. The van der Waals surface area contributed by atoms with Crippen LogP contribution in [0.3, 0.4) is 0 Å². The van der Waals surface area contributed by atoms with Crippen LogP contribution in [0.2, 0.25) is 0 Å². The summed E-state index contributed by atoms with van der Waals surface area (Å²) in [5, 5.41) is 6.77. The van der Waals surface area contributed by atoms with Gasteiger partial charge in [-0.05, 0) is 78.1 Å². The van der Waals surface area contributed by atoms with Crippen LogP contribution in [-0.2, 0) is 0 Å². The molecule has 3 rings (SSSR count). The summed E-state index contributed by atoms with van der Waals surface area (Å²) in [4.78, 5) is 0. The van der Waals surface area contributed by atoms with Gasteiger partial charge in [0.2, 0.25) is 0 Å². The van der Waals surface area contributed by atoms with Crippen molar-refractivity contribution in [2.45, 2.75) is 48.5 Å². The van der Waals surface area contributed by atoms with Crippen LogP contribution >= 0.6 is 15.4 Å². The zero-order chi connectivity index (χ0) is 17.6. The zero-order valence-corrected chi connectivity index (χ0v) is 17.4. The Morgan fingerprint density at radius 2 is 1.08 bits per heavy atom. The van der Waals surface area contributed by atoms with Crippen LogP contribution in [-0.4, -0.2) is 5.45 Å². The van der Waals surface area contributed by atoms with E-state index in [1.54, 1.807) is 0 Å². The largest absolute Gasteiger partial charge is 0.243 e. The molecule has 2 unspecified atom stereocenters. The van der Waals surface area contributed by atoms with E-state index in [-0.39, 0.29) is 0 Å². The molecule has 0 amide bonds. The fourth-order valence-electron chi connectivity index (χ4n) is 3.72. The molecule has 1 aliphatic rings. The molecule has 0 N–H and O–H groups in total. The molecule has 1 nitrogen and oxygen atoms in total. The highest BCUT2D eigenvalue weighted by Crippen LogP contribution is 2.49. The summed E-state index contributed by atoms with van der Waals surface area (Å²) in [7, 11) is -1.18. The molecule has 0 saturated heterocycles. The van der Waals surface area contributed by atoms with Gasteiger partial charge in [-0.2, -0.15) is 0 Å². The predicted octanol–water partition coefficient (Wildman–Crippen LogP) is 5.72. The van der Waals surface area contributed by atoms with Gasteiger partial charge in [0.25, 0.3) is 0 Å². The van der Waals surface area contributed by atoms with Gasteiger partial charge < -0.3 is 0 Å². The standard InChI is InChI=1S/C21H25NP2/c1-13-8-15(3)20(16(4)9-13)23-12-24(22-19(23)7)21-17(5)10-14(2)11-18(21)6/h8-11H,1-7H3. The average molecular weight is 353 g/mol. The second-order valence-electron chi connectivity index (χ2n) is 6.89. The quantitative estimate of drug-likeness (QED) is 0.582. The van der Waals surface area contributed by atoms with Crippen LogP contribution in [0.5, 0.6) is 0 Å². The lowest BCUT2D eigenvalue weighted by molar-refractivity contribution is 1.35. The minimum Gasteiger partial charge on any atom is -0.243 e. The molecule has 2 aromatic rings. The van der Waals surface area contributed by atoms with Gasteiger partial charge in [-0.3, -0.25) is 0 Å². The van der Waals surface area contributed by atoms with Crippen LogP contribution in [0.15, 0.2) is 29.0 Å². The highest BCUT2D eigenvalue weighted by Gasteiger charge is 2.22. The predicted molar refractivity (Wildman–Crippen MR) is 111 cm³/mol. The molecule has 2 atom stereocenters. The summed E-state index contributed by atoms with van der Waals surface area (Å²) >= 11 is 0. The molecule has 0 saturated carbocycles. The molecule has 0 aromatic heterocycles. The molecule has 1 aliphatic heterocycles. The first kappa shape index (κ1) is 17.4. The summed E-state index contributed by atoms with van der Waals surface area (Å²) in [5.41, 5.74) is 9.42. The Bertz CT molecular complexity index is 909. The Morgan fingerprint density at radius 1 is 0.667 bits per heavy atom. The summed E-state index contributed by atoms with van der Waals surface area (Å²) < 4.78 is 5.07. The fourth-order valence-corrected chi connectivity index (χ4v) is 9.01. The molecular weight excluding hydrogens is 328 g/mol. The third kappa shape index (κ3) is 3.10. The van der Waals surface area contributed by atoms with E-state index in [9.17, 15) is 0 Å². The van der Waals surface area contributed by atoms with Gasteiger partial charge in [0, 0.05) is 10.6 Å². The van der Waals surface area contributed by atoms with E-state index in [1.165, 1.54) is 49.4 Å². The molecule has 0 radical (unpaired) electrons. The van der Waals surface area contributed by atoms with Gasteiger partial charge in [-0.25, -0.2) is 4.76 Å². The summed E-state index contributed by atoms with van der Waals surface area (Å²) in [6, 6.07) is 9.14. The Morgan fingerprint density at radius 3 is 1.54 bits per heavy atom. The lowest BCUT2D eigenvalue weighted by Crippen LogP contribution is -2.08. The van der Waals surface area contributed by atoms with Crippen molar-refractivity contribution in [2.24, 2.45) is 4.76 Å². The van der Waals surface area contributed by atoms with E-state index in [2.05, 4.69) is 78.1 Å². The van der Waals surface area contributed by atoms with Crippen LogP contribution in [0.1, 0.15) is 40.3 Å². The van der Waals surface area contributed by atoms with Crippen LogP contribution in [0, 0.1) is 46.9 Å². The van der Waals surface area contributed by atoms with Gasteiger partial charge in [-0.1, -0.05) is 40.8 Å². The van der Waals surface area contributed by atoms with Gasteiger partial charge in [0.15, 0.2) is 0 Å². The molecule has 124 valence electrons. The van der Waals surface area contributed by atoms with Gasteiger partial charge >= 0.3 is 0 Å². The highest BCUT2D eigenvalue weighted by molar-refractivity contribution is 7.86. The Kier molecular flexibility index (Phi) is 4.72. The van der Waals surface area contributed by atoms with Crippen molar-refractivity contribution in [3.8, 4) is 5.37 Å². The SMILES string of the molecule is CC1=NP(c2c(C)cc(C)cc2C)C#P1c1c(C)cc(C)cc1C. The molecule has 0 bridgehead atoms. The number of nitrogens with zero attached hydrogens (tertiary/aromatic N) is 1. The third-order valence-electron chi connectivity index (χ3n) is 4.47. The maximum atomic E-state index is 5.07. The lowest BCUT2D eigenvalue weighted by Gasteiger charge is -2.12. The minimum absolute atomic E-state index is 0.522. The maximum Gasteiger partial charge on any atom is 0.122 e. The van der Waals surface area contributed by atoms with E-state index < -0.39 is 15.4 Å². The van der Waals surface area contributed by atoms with Crippen LogP contribution in [0.4, 0.5) is 0 Å². The van der Waals surface area contributed by atoms with E-state index in [4.69, 9.17) is 4.76 Å². The summed E-state index contributed by atoms with van der Waals surface area (Å²) in [6.07, 6.45) is 0. The number of aryl methyl sites for hydroxylation is 6. The number of hydrogen-bond donors (Lipinski definition) is 0.